The summed E-state index contributed by atoms with van der Waals surface area (Å²) in [6.45, 7) is 2.52. The summed E-state index contributed by atoms with van der Waals surface area (Å²) in [6.07, 6.45) is 3.38. The minimum atomic E-state index is -2.88. The molecular weight excluding hydrogens is 340 g/mol. The molecule has 7 heteroatoms. The highest BCUT2D eigenvalue weighted by Crippen LogP contribution is 2.34. The van der Waals surface area contributed by atoms with Crippen molar-refractivity contribution in [1.82, 2.24) is 9.88 Å². The Kier molecular flexibility index (Phi) is 4.73. The van der Waals surface area contributed by atoms with Crippen molar-refractivity contribution >= 4 is 43.0 Å². The van der Waals surface area contributed by atoms with E-state index in [4.69, 9.17) is 16.6 Å². The van der Waals surface area contributed by atoms with Gasteiger partial charge in [0.1, 0.15) is 9.84 Å². The zero-order valence-electron chi connectivity index (χ0n) is 12.5. The van der Waals surface area contributed by atoms with Crippen molar-refractivity contribution in [2.75, 3.05) is 31.6 Å². The molecule has 1 saturated heterocycles. The molecule has 1 aliphatic heterocycles. The van der Waals surface area contributed by atoms with Crippen molar-refractivity contribution in [2.45, 2.75) is 18.8 Å². The number of nitrogens with zero attached hydrogens (tertiary/aromatic N) is 2. The molecule has 0 unspecified atom stereocenters. The molecule has 0 bridgehead atoms. The van der Waals surface area contributed by atoms with Crippen molar-refractivity contribution in [3.8, 4) is 0 Å². The van der Waals surface area contributed by atoms with Crippen LogP contribution < -0.4 is 0 Å². The highest BCUT2D eigenvalue weighted by Gasteiger charge is 2.23. The molecule has 0 spiro atoms. The fraction of sp³-hybridized carbons (Fsp3) is 0.533. The highest BCUT2D eigenvalue weighted by molar-refractivity contribution is 7.90. The maximum absolute atomic E-state index is 11.2. The second-order valence-electron chi connectivity index (χ2n) is 5.91. The molecule has 1 aromatic heterocycles. The Morgan fingerprint density at radius 2 is 2.09 bits per heavy atom. The van der Waals surface area contributed by atoms with Gasteiger partial charge in [-0.2, -0.15) is 0 Å². The zero-order valence-corrected chi connectivity index (χ0v) is 14.8. The third-order valence-electron chi connectivity index (χ3n) is 4.08. The van der Waals surface area contributed by atoms with Crippen molar-refractivity contribution < 1.29 is 8.42 Å². The van der Waals surface area contributed by atoms with Gasteiger partial charge >= 0.3 is 0 Å². The molecular formula is C15H19ClN2O2S2. The van der Waals surface area contributed by atoms with Gasteiger partial charge in [0.25, 0.3) is 0 Å². The number of benzene rings is 1. The summed E-state index contributed by atoms with van der Waals surface area (Å²) in [6, 6.07) is 5.85. The minimum absolute atomic E-state index is 0.247. The van der Waals surface area contributed by atoms with Crippen LogP contribution in [0.25, 0.3) is 10.2 Å². The van der Waals surface area contributed by atoms with E-state index in [9.17, 15) is 8.42 Å². The van der Waals surface area contributed by atoms with Gasteiger partial charge in [-0.25, -0.2) is 13.4 Å². The van der Waals surface area contributed by atoms with Crippen LogP contribution in [0.5, 0.6) is 0 Å². The average Bonchev–Trinajstić information content (AvgIpc) is 2.88. The lowest BCUT2D eigenvalue weighted by Gasteiger charge is -2.30. The first kappa shape index (κ1) is 16.2. The number of halogens is 1. The number of fused-ring (bicyclic) bond motifs is 1. The van der Waals surface area contributed by atoms with E-state index in [1.807, 2.05) is 18.2 Å². The Morgan fingerprint density at radius 3 is 2.77 bits per heavy atom. The first-order valence-corrected chi connectivity index (χ1v) is 10.6. The Morgan fingerprint density at radius 1 is 1.36 bits per heavy atom. The minimum Gasteiger partial charge on any atom is -0.302 e. The standard InChI is InChI=1S/C15H19ClN2O2S2/c1-22(19,20)9-8-18-6-4-11(5-7-18)15-17-13-10-12(16)2-3-14(13)21-15/h2-3,10-11H,4-9H2,1H3. The van der Waals surface area contributed by atoms with E-state index in [0.29, 0.717) is 12.5 Å². The molecule has 0 aliphatic carbocycles. The van der Waals surface area contributed by atoms with E-state index >= 15 is 0 Å². The molecule has 120 valence electrons. The van der Waals surface area contributed by atoms with Gasteiger partial charge in [-0.1, -0.05) is 11.6 Å². The summed E-state index contributed by atoms with van der Waals surface area (Å²) in [4.78, 5) is 6.97. The predicted octanol–water partition coefficient (Wildman–Crippen LogP) is 3.17. The van der Waals surface area contributed by atoms with Crippen LogP contribution in [-0.4, -0.2) is 49.9 Å². The van der Waals surface area contributed by atoms with Crippen LogP contribution in [0.15, 0.2) is 18.2 Å². The van der Waals surface area contributed by atoms with Crippen LogP contribution in [0, 0.1) is 0 Å². The Balaban J connectivity index is 1.62. The lowest BCUT2D eigenvalue weighted by molar-refractivity contribution is 0.223. The largest absolute Gasteiger partial charge is 0.302 e. The molecule has 0 atom stereocenters. The number of hydrogen-bond donors (Lipinski definition) is 0. The smallest absolute Gasteiger partial charge is 0.148 e. The van der Waals surface area contributed by atoms with Gasteiger partial charge in [-0.3, -0.25) is 0 Å². The second kappa shape index (κ2) is 6.43. The summed E-state index contributed by atoms with van der Waals surface area (Å²) >= 11 is 7.76. The van der Waals surface area contributed by atoms with Gasteiger partial charge in [-0.15, -0.1) is 11.3 Å². The van der Waals surface area contributed by atoms with Crippen molar-refractivity contribution in [3.63, 3.8) is 0 Å². The lowest BCUT2D eigenvalue weighted by Crippen LogP contribution is -2.36. The average molecular weight is 359 g/mol. The maximum Gasteiger partial charge on any atom is 0.148 e. The van der Waals surface area contributed by atoms with Gasteiger partial charge in [-0.05, 0) is 44.1 Å². The number of likely N-dealkylation sites (tertiary alicyclic amines) is 1. The Hall–Kier alpha value is -0.690. The maximum atomic E-state index is 11.2. The summed E-state index contributed by atoms with van der Waals surface area (Å²) in [5.41, 5.74) is 0.979. The first-order valence-electron chi connectivity index (χ1n) is 7.37. The molecule has 0 radical (unpaired) electrons. The van der Waals surface area contributed by atoms with Crippen molar-refractivity contribution in [2.24, 2.45) is 0 Å². The van der Waals surface area contributed by atoms with Gasteiger partial charge in [0.2, 0.25) is 0 Å². The Bertz CT molecular complexity index is 765. The third-order valence-corrected chi connectivity index (χ3v) is 6.44. The summed E-state index contributed by atoms with van der Waals surface area (Å²) in [5.74, 6) is 0.725. The van der Waals surface area contributed by atoms with E-state index in [2.05, 4.69) is 4.90 Å². The molecule has 1 aliphatic rings. The van der Waals surface area contributed by atoms with Crippen LogP contribution >= 0.6 is 22.9 Å². The van der Waals surface area contributed by atoms with E-state index in [0.717, 1.165) is 36.5 Å². The molecule has 2 aromatic rings. The van der Waals surface area contributed by atoms with E-state index in [1.165, 1.54) is 16.0 Å². The second-order valence-corrected chi connectivity index (χ2v) is 9.67. The fourth-order valence-electron chi connectivity index (χ4n) is 2.79. The van der Waals surface area contributed by atoms with Gasteiger partial charge in [0.15, 0.2) is 0 Å². The topological polar surface area (TPSA) is 50.3 Å². The molecule has 0 amide bonds. The molecule has 2 heterocycles. The quantitative estimate of drug-likeness (QED) is 0.842. The molecule has 1 fully saturated rings. The summed E-state index contributed by atoms with van der Waals surface area (Å²) in [7, 11) is -2.88. The van der Waals surface area contributed by atoms with Crippen molar-refractivity contribution in [3.05, 3.63) is 28.2 Å². The molecule has 0 saturated carbocycles. The number of aromatic nitrogens is 1. The number of sulfone groups is 1. The molecule has 3 rings (SSSR count). The summed E-state index contributed by atoms with van der Waals surface area (Å²) < 4.78 is 23.7. The summed E-state index contributed by atoms with van der Waals surface area (Å²) in [5, 5.41) is 1.90. The molecule has 1 aromatic carbocycles. The van der Waals surface area contributed by atoms with Crippen LogP contribution in [-0.2, 0) is 9.84 Å². The van der Waals surface area contributed by atoms with Crippen molar-refractivity contribution in [1.29, 1.82) is 0 Å². The zero-order chi connectivity index (χ0) is 15.7. The first-order chi connectivity index (χ1) is 10.4. The number of rotatable bonds is 4. The predicted molar refractivity (Wildman–Crippen MR) is 92.8 cm³/mol. The fourth-order valence-corrected chi connectivity index (χ4v) is 4.66. The molecule has 4 nitrogen and oxygen atoms in total. The van der Waals surface area contributed by atoms with E-state index in [1.54, 1.807) is 11.3 Å². The monoisotopic (exact) mass is 358 g/mol. The van der Waals surface area contributed by atoms with E-state index in [-0.39, 0.29) is 5.75 Å². The number of thiazole rings is 1. The van der Waals surface area contributed by atoms with E-state index < -0.39 is 9.84 Å². The molecule has 0 N–H and O–H groups in total. The Labute approximate surface area is 140 Å². The van der Waals surface area contributed by atoms with Gasteiger partial charge in [0.05, 0.1) is 21.0 Å². The number of hydrogen-bond acceptors (Lipinski definition) is 5. The number of piperidine rings is 1. The van der Waals surface area contributed by atoms with Gasteiger partial charge in [0, 0.05) is 23.7 Å². The highest BCUT2D eigenvalue weighted by atomic mass is 35.5. The third kappa shape index (κ3) is 3.98. The van der Waals surface area contributed by atoms with Gasteiger partial charge < -0.3 is 4.90 Å². The normalized spacial score (nSPS) is 18.1. The molecule has 22 heavy (non-hydrogen) atoms. The van der Waals surface area contributed by atoms with Crippen LogP contribution in [0.1, 0.15) is 23.8 Å². The van der Waals surface area contributed by atoms with Crippen LogP contribution in [0.4, 0.5) is 0 Å². The lowest BCUT2D eigenvalue weighted by atomic mass is 9.98. The van der Waals surface area contributed by atoms with Crippen LogP contribution in [0.2, 0.25) is 5.02 Å². The van der Waals surface area contributed by atoms with Crippen LogP contribution in [0.3, 0.4) is 0 Å². The SMILES string of the molecule is CS(=O)(=O)CCN1CCC(c2nc3cc(Cl)ccc3s2)CC1.